The Morgan fingerprint density at radius 2 is 1.76 bits per heavy atom. The number of hydrogen-bond donors (Lipinski definition) is 1. The second-order valence-corrected chi connectivity index (χ2v) is 4.86. The van der Waals surface area contributed by atoms with Crippen molar-refractivity contribution in [1.29, 1.82) is 0 Å². The van der Waals surface area contributed by atoms with Crippen molar-refractivity contribution in [3.05, 3.63) is 71.3 Å². The minimum absolute atomic E-state index is 0.343. The highest BCUT2D eigenvalue weighted by Gasteiger charge is 2.08. The molecular weight excluding hydrogens is 264 g/mol. The lowest BCUT2D eigenvalue weighted by atomic mass is 10.0. The number of allylic oxidation sites excluding steroid dienone is 1. The third-order valence-electron chi connectivity index (χ3n) is 3.40. The lowest BCUT2D eigenvalue weighted by Gasteiger charge is -2.09. The number of ether oxygens (including phenoxy) is 1. The molecule has 0 amide bonds. The molecule has 0 bridgehead atoms. The first-order valence-electron chi connectivity index (χ1n) is 6.76. The van der Waals surface area contributed by atoms with Crippen molar-refractivity contribution >= 4 is 11.5 Å². The van der Waals surface area contributed by atoms with Gasteiger partial charge in [0.2, 0.25) is 0 Å². The van der Waals surface area contributed by atoms with Crippen LogP contribution in [-0.2, 0) is 11.4 Å². The van der Waals surface area contributed by atoms with E-state index in [-0.39, 0.29) is 0 Å². The van der Waals surface area contributed by atoms with Crippen LogP contribution < -0.4 is 4.74 Å². The van der Waals surface area contributed by atoms with Crippen LogP contribution in [0.3, 0.4) is 0 Å². The maximum Gasteiger partial charge on any atom is 0.331 e. The van der Waals surface area contributed by atoms with Crippen LogP contribution in [0.15, 0.2) is 60.2 Å². The Morgan fingerprint density at radius 3 is 2.43 bits per heavy atom. The van der Waals surface area contributed by atoms with Gasteiger partial charge in [0.25, 0.3) is 0 Å². The first-order chi connectivity index (χ1) is 10.1. The topological polar surface area (TPSA) is 46.5 Å². The summed E-state index contributed by atoms with van der Waals surface area (Å²) >= 11 is 0. The lowest BCUT2D eigenvalue weighted by Crippen LogP contribution is -2.00. The van der Waals surface area contributed by atoms with E-state index in [0.717, 1.165) is 22.4 Å². The molecule has 2 aromatic rings. The summed E-state index contributed by atoms with van der Waals surface area (Å²) in [7, 11) is 0. The molecule has 2 rings (SSSR count). The molecule has 2 aromatic carbocycles. The fraction of sp³-hybridized carbons (Fsp3) is 0.167. The fourth-order valence-corrected chi connectivity index (χ4v) is 1.94. The molecule has 3 heteroatoms. The molecule has 0 unspecified atom stereocenters. The molecule has 0 atom stereocenters. The number of carbonyl (C=O) groups is 1. The van der Waals surface area contributed by atoms with Gasteiger partial charge >= 0.3 is 5.97 Å². The number of hydrogen-bond acceptors (Lipinski definition) is 2. The lowest BCUT2D eigenvalue weighted by molar-refractivity contribution is -0.132. The van der Waals surface area contributed by atoms with Gasteiger partial charge in [0.1, 0.15) is 12.4 Å². The molecular formula is C18H18O3. The standard InChI is InChI=1S/C18H18O3/c1-13(14(2)18(19)20)16-9-6-10-17(11-16)21-12-15-7-4-3-5-8-15/h3-11H,12H2,1-2H3,(H,19,20). The molecule has 3 nitrogen and oxygen atoms in total. The Hall–Kier alpha value is -2.55. The Morgan fingerprint density at radius 1 is 1.05 bits per heavy atom. The molecule has 1 N–H and O–H groups in total. The predicted octanol–water partition coefficient (Wildman–Crippen LogP) is 4.14. The van der Waals surface area contributed by atoms with E-state index in [4.69, 9.17) is 9.84 Å². The van der Waals surface area contributed by atoms with Crippen LogP contribution in [0.25, 0.3) is 5.57 Å². The summed E-state index contributed by atoms with van der Waals surface area (Å²) in [5.41, 5.74) is 3.04. The number of aliphatic carboxylic acids is 1. The van der Waals surface area contributed by atoms with Crippen LogP contribution in [0, 0.1) is 0 Å². The highest BCUT2D eigenvalue weighted by molar-refractivity contribution is 5.95. The number of benzene rings is 2. The molecule has 21 heavy (non-hydrogen) atoms. The number of rotatable bonds is 5. The van der Waals surface area contributed by atoms with Gasteiger partial charge in [0.05, 0.1) is 0 Å². The molecule has 0 aliphatic heterocycles. The first kappa shape index (κ1) is 14.9. The second-order valence-electron chi connectivity index (χ2n) is 4.86. The van der Waals surface area contributed by atoms with Gasteiger partial charge in [-0.25, -0.2) is 4.79 Å². The van der Waals surface area contributed by atoms with Gasteiger partial charge in [-0.3, -0.25) is 0 Å². The van der Waals surface area contributed by atoms with E-state index in [1.54, 1.807) is 13.8 Å². The molecule has 0 aliphatic carbocycles. The molecule has 0 aromatic heterocycles. The zero-order valence-electron chi connectivity index (χ0n) is 12.2. The van der Waals surface area contributed by atoms with Crippen molar-refractivity contribution in [3.63, 3.8) is 0 Å². The van der Waals surface area contributed by atoms with Gasteiger partial charge in [-0.2, -0.15) is 0 Å². The smallest absolute Gasteiger partial charge is 0.331 e. The second kappa shape index (κ2) is 6.75. The predicted molar refractivity (Wildman–Crippen MR) is 83.1 cm³/mol. The van der Waals surface area contributed by atoms with E-state index >= 15 is 0 Å². The Bertz CT molecular complexity index is 657. The average molecular weight is 282 g/mol. The van der Waals surface area contributed by atoms with Crippen LogP contribution in [-0.4, -0.2) is 11.1 Å². The maximum atomic E-state index is 11.0. The molecule has 108 valence electrons. The summed E-state index contributed by atoms with van der Waals surface area (Å²) in [6.07, 6.45) is 0. The van der Waals surface area contributed by atoms with Crippen molar-refractivity contribution in [2.45, 2.75) is 20.5 Å². The molecule has 0 saturated heterocycles. The van der Waals surface area contributed by atoms with Gasteiger partial charge in [0, 0.05) is 5.57 Å². The van der Waals surface area contributed by atoms with Gasteiger partial charge in [-0.1, -0.05) is 42.5 Å². The molecule has 0 fully saturated rings. The van der Waals surface area contributed by atoms with E-state index in [2.05, 4.69) is 0 Å². The summed E-state index contributed by atoms with van der Waals surface area (Å²) in [6, 6.07) is 17.4. The van der Waals surface area contributed by atoms with E-state index in [1.807, 2.05) is 54.6 Å². The van der Waals surface area contributed by atoms with E-state index in [1.165, 1.54) is 0 Å². The number of carboxylic acids is 1. The van der Waals surface area contributed by atoms with Crippen LogP contribution >= 0.6 is 0 Å². The molecule has 0 heterocycles. The SMILES string of the molecule is CC(C(=O)O)=C(C)c1cccc(OCc2ccccc2)c1. The Balaban J connectivity index is 2.15. The summed E-state index contributed by atoms with van der Waals surface area (Å²) in [5.74, 6) is -0.169. The largest absolute Gasteiger partial charge is 0.489 e. The fourth-order valence-electron chi connectivity index (χ4n) is 1.94. The third kappa shape index (κ3) is 3.96. The molecule has 0 radical (unpaired) electrons. The zero-order chi connectivity index (χ0) is 15.2. The van der Waals surface area contributed by atoms with E-state index < -0.39 is 5.97 Å². The highest BCUT2D eigenvalue weighted by atomic mass is 16.5. The van der Waals surface area contributed by atoms with Crippen molar-refractivity contribution in [3.8, 4) is 5.75 Å². The molecule has 0 saturated carbocycles. The van der Waals surface area contributed by atoms with Crippen molar-refractivity contribution < 1.29 is 14.6 Å². The van der Waals surface area contributed by atoms with Crippen LogP contribution in [0.2, 0.25) is 0 Å². The summed E-state index contributed by atoms with van der Waals surface area (Å²) in [4.78, 5) is 11.0. The number of carboxylic acid groups (broad SMARTS) is 1. The molecule has 0 aliphatic rings. The maximum absolute atomic E-state index is 11.0. The average Bonchev–Trinajstić information content (AvgIpc) is 2.52. The minimum atomic E-state index is -0.900. The molecule has 0 spiro atoms. The van der Waals surface area contributed by atoms with Gasteiger partial charge in [-0.05, 0) is 42.7 Å². The highest BCUT2D eigenvalue weighted by Crippen LogP contribution is 2.23. The van der Waals surface area contributed by atoms with E-state index in [9.17, 15) is 4.79 Å². The minimum Gasteiger partial charge on any atom is -0.489 e. The van der Waals surface area contributed by atoms with Crippen molar-refractivity contribution in [2.24, 2.45) is 0 Å². The quantitative estimate of drug-likeness (QED) is 0.838. The van der Waals surface area contributed by atoms with Crippen molar-refractivity contribution in [1.82, 2.24) is 0 Å². The van der Waals surface area contributed by atoms with Gasteiger partial charge in [0.15, 0.2) is 0 Å². The van der Waals surface area contributed by atoms with Gasteiger partial charge in [-0.15, -0.1) is 0 Å². The van der Waals surface area contributed by atoms with Gasteiger partial charge < -0.3 is 9.84 Å². The summed E-state index contributed by atoms with van der Waals surface area (Å²) in [5, 5.41) is 9.05. The van der Waals surface area contributed by atoms with Crippen LogP contribution in [0.5, 0.6) is 5.75 Å². The van der Waals surface area contributed by atoms with Crippen molar-refractivity contribution in [2.75, 3.05) is 0 Å². The van der Waals surface area contributed by atoms with Crippen LogP contribution in [0.4, 0.5) is 0 Å². The Labute approximate surface area is 124 Å². The monoisotopic (exact) mass is 282 g/mol. The van der Waals surface area contributed by atoms with Crippen LogP contribution in [0.1, 0.15) is 25.0 Å². The normalized spacial score (nSPS) is 11.7. The third-order valence-corrected chi connectivity index (χ3v) is 3.40. The first-order valence-corrected chi connectivity index (χ1v) is 6.76. The van der Waals surface area contributed by atoms with E-state index in [0.29, 0.717) is 12.2 Å². The summed E-state index contributed by atoms with van der Waals surface area (Å²) in [6.45, 7) is 3.90. The summed E-state index contributed by atoms with van der Waals surface area (Å²) < 4.78 is 5.75. The zero-order valence-corrected chi connectivity index (χ0v) is 12.2. The Kier molecular flexibility index (Phi) is 4.77.